The van der Waals surface area contributed by atoms with Gasteiger partial charge in [-0.1, -0.05) is 13.8 Å². The minimum atomic E-state index is -0.418. The van der Waals surface area contributed by atoms with Gasteiger partial charge in [-0.2, -0.15) is 0 Å². The van der Waals surface area contributed by atoms with Gasteiger partial charge in [0.2, 0.25) is 0 Å². The fraction of sp³-hybridized carbons (Fsp3) is 0.400. The molecule has 1 heterocycles. The van der Waals surface area contributed by atoms with Crippen LogP contribution in [-0.4, -0.2) is 28.8 Å². The number of carbonyl (C=O) groups excluding carboxylic acids is 1. The van der Waals surface area contributed by atoms with Gasteiger partial charge in [-0.15, -0.1) is 11.3 Å². The summed E-state index contributed by atoms with van der Waals surface area (Å²) in [6, 6.07) is 6.46. The Morgan fingerprint density at radius 1 is 1.24 bits per heavy atom. The van der Waals surface area contributed by atoms with Crippen LogP contribution >= 0.6 is 11.3 Å². The zero-order valence-corrected chi connectivity index (χ0v) is 13.0. The molecule has 0 saturated heterocycles. The van der Waals surface area contributed by atoms with Crippen molar-refractivity contribution in [3.63, 3.8) is 0 Å². The van der Waals surface area contributed by atoms with Crippen LogP contribution in [-0.2, 0) is 0 Å². The molecule has 2 aromatic rings. The maximum Gasteiger partial charge on any atom is 0.270 e. The van der Waals surface area contributed by atoms with E-state index in [2.05, 4.69) is 0 Å². The summed E-state index contributed by atoms with van der Waals surface area (Å²) >= 11 is 1.39. The fourth-order valence-corrected chi connectivity index (χ4v) is 3.27. The average Bonchev–Trinajstić information content (AvgIpc) is 2.89. The first-order chi connectivity index (χ1) is 10.1. The number of nitro groups is 1. The van der Waals surface area contributed by atoms with Gasteiger partial charge in [0.05, 0.1) is 9.80 Å². The quantitative estimate of drug-likeness (QED) is 0.597. The summed E-state index contributed by atoms with van der Waals surface area (Å²) in [7, 11) is 0. The van der Waals surface area contributed by atoms with E-state index < -0.39 is 4.92 Å². The van der Waals surface area contributed by atoms with Crippen LogP contribution in [0.3, 0.4) is 0 Å². The molecule has 0 spiro atoms. The predicted molar refractivity (Wildman–Crippen MR) is 85.0 cm³/mol. The molecule has 5 nitrogen and oxygen atoms in total. The van der Waals surface area contributed by atoms with E-state index in [-0.39, 0.29) is 11.6 Å². The number of carbonyl (C=O) groups is 1. The zero-order chi connectivity index (χ0) is 15.4. The van der Waals surface area contributed by atoms with Crippen LogP contribution in [0.25, 0.3) is 10.1 Å². The van der Waals surface area contributed by atoms with Crippen molar-refractivity contribution < 1.29 is 9.72 Å². The van der Waals surface area contributed by atoms with Crippen molar-refractivity contribution in [3.05, 3.63) is 39.3 Å². The second-order valence-electron chi connectivity index (χ2n) is 4.88. The third-order valence-corrected chi connectivity index (χ3v) is 4.30. The predicted octanol–water partition coefficient (Wildman–Crippen LogP) is 4.07. The monoisotopic (exact) mass is 306 g/mol. The molecule has 0 fully saturated rings. The normalized spacial score (nSPS) is 10.8. The number of hydrogen-bond acceptors (Lipinski definition) is 4. The van der Waals surface area contributed by atoms with Gasteiger partial charge >= 0.3 is 0 Å². The Morgan fingerprint density at radius 3 is 2.48 bits per heavy atom. The molecule has 1 aromatic heterocycles. The van der Waals surface area contributed by atoms with E-state index in [1.54, 1.807) is 12.1 Å². The minimum absolute atomic E-state index is 0.0163. The molecule has 0 aliphatic carbocycles. The fourth-order valence-electron chi connectivity index (χ4n) is 2.26. The molecule has 0 unspecified atom stereocenters. The highest BCUT2D eigenvalue weighted by Gasteiger charge is 2.18. The number of rotatable bonds is 6. The first kappa shape index (κ1) is 15.4. The SMILES string of the molecule is CCCN(CCC)C(=O)c1cc2cc([N+](=O)[O-])ccc2s1. The Morgan fingerprint density at radius 2 is 1.90 bits per heavy atom. The van der Waals surface area contributed by atoms with Crippen LogP contribution in [0, 0.1) is 10.1 Å². The van der Waals surface area contributed by atoms with E-state index in [0.717, 1.165) is 36.0 Å². The maximum absolute atomic E-state index is 12.5. The standard InChI is InChI=1S/C15H18N2O3S/c1-3-7-16(8-4-2)15(18)14-10-11-9-12(17(19)20)5-6-13(11)21-14/h5-6,9-10H,3-4,7-8H2,1-2H3. The van der Waals surface area contributed by atoms with E-state index in [4.69, 9.17) is 0 Å². The topological polar surface area (TPSA) is 63.5 Å². The van der Waals surface area contributed by atoms with E-state index in [1.165, 1.54) is 23.5 Å². The molecule has 0 N–H and O–H groups in total. The van der Waals surface area contributed by atoms with Gasteiger partial charge in [-0.3, -0.25) is 14.9 Å². The van der Waals surface area contributed by atoms with Crippen LogP contribution in [0.5, 0.6) is 0 Å². The molecular weight excluding hydrogens is 288 g/mol. The average molecular weight is 306 g/mol. The summed E-state index contributed by atoms with van der Waals surface area (Å²) in [5, 5.41) is 11.6. The molecule has 0 atom stereocenters. The molecule has 2 rings (SSSR count). The van der Waals surface area contributed by atoms with Crippen LogP contribution < -0.4 is 0 Å². The van der Waals surface area contributed by atoms with E-state index in [0.29, 0.717) is 4.88 Å². The summed E-state index contributed by atoms with van der Waals surface area (Å²) in [5.74, 6) is 0.0163. The molecule has 1 amide bonds. The molecule has 0 radical (unpaired) electrons. The highest BCUT2D eigenvalue weighted by molar-refractivity contribution is 7.20. The third-order valence-electron chi connectivity index (χ3n) is 3.20. The summed E-state index contributed by atoms with van der Waals surface area (Å²) < 4.78 is 0.900. The first-order valence-electron chi connectivity index (χ1n) is 7.04. The Hall–Kier alpha value is -1.95. The molecule has 1 aromatic carbocycles. The maximum atomic E-state index is 12.5. The largest absolute Gasteiger partial charge is 0.338 e. The number of benzene rings is 1. The van der Waals surface area contributed by atoms with Gasteiger partial charge < -0.3 is 4.90 Å². The number of hydrogen-bond donors (Lipinski definition) is 0. The van der Waals surface area contributed by atoms with Crippen LogP contribution in [0.1, 0.15) is 36.4 Å². The third kappa shape index (κ3) is 3.39. The smallest absolute Gasteiger partial charge is 0.270 e. The van der Waals surface area contributed by atoms with E-state index in [9.17, 15) is 14.9 Å². The Kier molecular flexibility index (Phi) is 4.90. The molecule has 0 saturated carbocycles. The van der Waals surface area contributed by atoms with Crippen molar-refractivity contribution >= 4 is 33.0 Å². The second-order valence-corrected chi connectivity index (χ2v) is 5.97. The molecular formula is C15H18N2O3S. The minimum Gasteiger partial charge on any atom is -0.338 e. The second kappa shape index (κ2) is 6.67. The van der Waals surface area contributed by atoms with Crippen molar-refractivity contribution in [3.8, 4) is 0 Å². The van der Waals surface area contributed by atoms with Crippen LogP contribution in [0.4, 0.5) is 5.69 Å². The summed E-state index contributed by atoms with van der Waals surface area (Å²) in [4.78, 5) is 25.4. The van der Waals surface area contributed by atoms with E-state index in [1.807, 2.05) is 18.7 Å². The number of thiophene rings is 1. The number of non-ortho nitro benzene ring substituents is 1. The van der Waals surface area contributed by atoms with Gasteiger partial charge in [0.15, 0.2) is 0 Å². The summed E-state index contributed by atoms with van der Waals surface area (Å²) in [5.41, 5.74) is 0.0540. The lowest BCUT2D eigenvalue weighted by atomic mass is 10.2. The van der Waals surface area contributed by atoms with Gasteiger partial charge in [0.1, 0.15) is 0 Å². The summed E-state index contributed by atoms with van der Waals surface area (Å²) in [6.07, 6.45) is 1.84. The molecule has 0 bridgehead atoms. The van der Waals surface area contributed by atoms with Gasteiger partial charge in [-0.25, -0.2) is 0 Å². The van der Waals surface area contributed by atoms with Crippen LogP contribution in [0.2, 0.25) is 0 Å². The lowest BCUT2D eigenvalue weighted by Gasteiger charge is -2.20. The number of nitro benzene ring substituents is 1. The van der Waals surface area contributed by atoms with Crippen molar-refractivity contribution in [2.75, 3.05) is 13.1 Å². The zero-order valence-electron chi connectivity index (χ0n) is 12.2. The molecule has 0 aliphatic heterocycles. The van der Waals surface area contributed by atoms with Crippen LogP contribution in [0.15, 0.2) is 24.3 Å². The number of fused-ring (bicyclic) bond motifs is 1. The highest BCUT2D eigenvalue weighted by atomic mass is 32.1. The molecule has 21 heavy (non-hydrogen) atoms. The Bertz CT molecular complexity index is 660. The first-order valence-corrected chi connectivity index (χ1v) is 7.85. The van der Waals surface area contributed by atoms with E-state index >= 15 is 0 Å². The Balaban J connectivity index is 2.33. The lowest BCUT2D eigenvalue weighted by molar-refractivity contribution is -0.384. The molecule has 6 heteroatoms. The van der Waals surface area contributed by atoms with Gasteiger partial charge in [0.25, 0.3) is 11.6 Å². The van der Waals surface area contributed by atoms with Crippen molar-refractivity contribution in [1.29, 1.82) is 0 Å². The molecule has 112 valence electrons. The van der Waals surface area contributed by atoms with Gasteiger partial charge in [-0.05, 0) is 25.0 Å². The number of nitrogens with zero attached hydrogens (tertiary/aromatic N) is 2. The van der Waals surface area contributed by atoms with Crippen molar-refractivity contribution in [1.82, 2.24) is 4.90 Å². The summed E-state index contributed by atoms with van der Waals surface area (Å²) in [6.45, 7) is 5.57. The lowest BCUT2D eigenvalue weighted by Crippen LogP contribution is -2.31. The Labute approximate surface area is 127 Å². The molecule has 0 aliphatic rings. The highest BCUT2D eigenvalue weighted by Crippen LogP contribution is 2.29. The van der Waals surface area contributed by atoms with Gasteiger partial charge in [0, 0.05) is 35.3 Å². The number of amides is 1. The van der Waals surface area contributed by atoms with Crippen molar-refractivity contribution in [2.24, 2.45) is 0 Å². The van der Waals surface area contributed by atoms with Crippen molar-refractivity contribution in [2.45, 2.75) is 26.7 Å².